The molecule has 2 aromatic rings. The minimum Gasteiger partial charge on any atom is -0.487 e. The predicted molar refractivity (Wildman–Crippen MR) is 72.0 cm³/mol. The fourth-order valence-electron chi connectivity index (χ4n) is 1.54. The maximum absolute atomic E-state index is 12.7. The average molecular weight is 280 g/mol. The van der Waals surface area contributed by atoms with Crippen LogP contribution >= 0.6 is 11.6 Å². The molecule has 0 aromatic heterocycles. The quantitative estimate of drug-likeness (QED) is 0.839. The van der Waals surface area contributed by atoms with E-state index in [-0.39, 0.29) is 17.4 Å². The van der Waals surface area contributed by atoms with Gasteiger partial charge in [-0.1, -0.05) is 29.8 Å². The second kappa shape index (κ2) is 6.06. The molecule has 98 valence electrons. The van der Waals surface area contributed by atoms with Gasteiger partial charge in [-0.2, -0.15) is 0 Å². The van der Waals surface area contributed by atoms with Crippen LogP contribution in [0, 0.1) is 5.82 Å². The Hall–Kier alpha value is -1.56. The van der Waals surface area contributed by atoms with E-state index in [1.807, 2.05) is 0 Å². The number of rotatable bonds is 4. The third-order valence-corrected chi connectivity index (χ3v) is 2.86. The standard InChI is InChI=1S/C13H11BClFO3/c15-12-7-10(14(17)18)3-6-13(12)19-8-9-1-4-11(16)5-2-9/h1-7,17-18H,8H2. The van der Waals surface area contributed by atoms with Gasteiger partial charge >= 0.3 is 7.12 Å². The minimum absolute atomic E-state index is 0.251. The van der Waals surface area contributed by atoms with Crippen LogP contribution in [0.3, 0.4) is 0 Å². The number of hydrogen-bond donors (Lipinski definition) is 2. The van der Waals surface area contributed by atoms with E-state index in [1.54, 1.807) is 18.2 Å². The zero-order valence-corrected chi connectivity index (χ0v) is 10.6. The molecule has 19 heavy (non-hydrogen) atoms. The molecule has 0 fully saturated rings. The van der Waals surface area contributed by atoms with E-state index in [9.17, 15) is 4.39 Å². The highest BCUT2D eigenvalue weighted by atomic mass is 35.5. The third kappa shape index (κ3) is 3.70. The second-order valence-electron chi connectivity index (χ2n) is 3.98. The first-order valence-electron chi connectivity index (χ1n) is 5.59. The topological polar surface area (TPSA) is 49.7 Å². The molecule has 0 aliphatic heterocycles. The highest BCUT2D eigenvalue weighted by Gasteiger charge is 2.13. The van der Waals surface area contributed by atoms with Crippen molar-refractivity contribution in [1.29, 1.82) is 0 Å². The van der Waals surface area contributed by atoms with Crippen molar-refractivity contribution in [1.82, 2.24) is 0 Å². The molecule has 0 atom stereocenters. The summed E-state index contributed by atoms with van der Waals surface area (Å²) in [6.07, 6.45) is 0. The van der Waals surface area contributed by atoms with Crippen molar-refractivity contribution in [3.8, 4) is 5.75 Å². The summed E-state index contributed by atoms with van der Waals surface area (Å²) in [4.78, 5) is 0. The van der Waals surface area contributed by atoms with Crippen molar-refractivity contribution >= 4 is 24.2 Å². The Labute approximate surface area is 115 Å². The molecule has 0 radical (unpaired) electrons. The Balaban J connectivity index is 2.05. The lowest BCUT2D eigenvalue weighted by molar-refractivity contribution is 0.306. The van der Waals surface area contributed by atoms with Gasteiger partial charge in [0.25, 0.3) is 0 Å². The number of ether oxygens (including phenoxy) is 1. The van der Waals surface area contributed by atoms with Gasteiger partial charge in [-0.15, -0.1) is 0 Å². The number of hydrogen-bond acceptors (Lipinski definition) is 3. The molecular formula is C13H11BClFO3. The summed E-state index contributed by atoms with van der Waals surface area (Å²) in [5.74, 6) is 0.124. The van der Waals surface area contributed by atoms with Gasteiger partial charge in [0, 0.05) is 0 Å². The van der Waals surface area contributed by atoms with Crippen molar-refractivity contribution in [2.24, 2.45) is 0 Å². The van der Waals surface area contributed by atoms with Crippen LogP contribution in [0.25, 0.3) is 0 Å². The minimum atomic E-state index is -1.57. The Morgan fingerprint density at radius 2 is 1.79 bits per heavy atom. The fraction of sp³-hybridized carbons (Fsp3) is 0.0769. The first kappa shape index (κ1) is 13.9. The Morgan fingerprint density at radius 1 is 1.11 bits per heavy atom. The van der Waals surface area contributed by atoms with E-state index < -0.39 is 7.12 Å². The summed E-state index contributed by atoms with van der Waals surface area (Å²) in [6.45, 7) is 0.251. The van der Waals surface area contributed by atoms with Crippen LogP contribution in [-0.2, 0) is 6.61 Å². The van der Waals surface area contributed by atoms with E-state index in [4.69, 9.17) is 26.4 Å². The molecule has 0 amide bonds. The van der Waals surface area contributed by atoms with E-state index in [1.165, 1.54) is 24.3 Å². The molecule has 0 bridgehead atoms. The summed E-state index contributed by atoms with van der Waals surface area (Å²) < 4.78 is 18.2. The van der Waals surface area contributed by atoms with Gasteiger partial charge in [0.1, 0.15) is 18.2 Å². The van der Waals surface area contributed by atoms with Crippen LogP contribution in [0.1, 0.15) is 5.56 Å². The molecule has 0 heterocycles. The van der Waals surface area contributed by atoms with Gasteiger partial charge in [-0.25, -0.2) is 4.39 Å². The monoisotopic (exact) mass is 280 g/mol. The highest BCUT2D eigenvalue weighted by Crippen LogP contribution is 2.23. The molecule has 2 aromatic carbocycles. The van der Waals surface area contributed by atoms with Gasteiger partial charge < -0.3 is 14.8 Å². The second-order valence-corrected chi connectivity index (χ2v) is 4.39. The molecule has 0 unspecified atom stereocenters. The molecule has 0 spiro atoms. The number of halogens is 2. The van der Waals surface area contributed by atoms with Crippen molar-refractivity contribution in [2.75, 3.05) is 0 Å². The van der Waals surface area contributed by atoms with Crippen LogP contribution < -0.4 is 10.2 Å². The molecule has 0 saturated heterocycles. The van der Waals surface area contributed by atoms with Crippen molar-refractivity contribution in [3.63, 3.8) is 0 Å². The molecule has 2 N–H and O–H groups in total. The molecule has 0 aliphatic carbocycles. The predicted octanol–water partition coefficient (Wildman–Crippen LogP) is 1.74. The fourth-order valence-corrected chi connectivity index (χ4v) is 1.78. The summed E-state index contributed by atoms with van der Waals surface area (Å²) in [7, 11) is -1.57. The van der Waals surface area contributed by atoms with E-state index in [2.05, 4.69) is 0 Å². The van der Waals surface area contributed by atoms with Crippen molar-refractivity contribution in [3.05, 3.63) is 58.9 Å². The lowest BCUT2D eigenvalue weighted by Gasteiger charge is -2.09. The normalized spacial score (nSPS) is 10.3. The van der Waals surface area contributed by atoms with Gasteiger partial charge in [-0.3, -0.25) is 0 Å². The lowest BCUT2D eigenvalue weighted by atomic mass is 9.80. The zero-order chi connectivity index (χ0) is 13.8. The zero-order valence-electron chi connectivity index (χ0n) is 9.88. The van der Waals surface area contributed by atoms with Crippen LogP contribution in [-0.4, -0.2) is 17.2 Å². The van der Waals surface area contributed by atoms with Crippen LogP contribution in [0.5, 0.6) is 5.75 Å². The van der Waals surface area contributed by atoms with E-state index >= 15 is 0 Å². The maximum atomic E-state index is 12.7. The molecule has 6 heteroatoms. The van der Waals surface area contributed by atoms with E-state index in [0.717, 1.165) is 5.56 Å². The Kier molecular flexibility index (Phi) is 4.42. The Bertz CT molecular complexity index is 560. The maximum Gasteiger partial charge on any atom is 0.488 e. The van der Waals surface area contributed by atoms with Gasteiger partial charge in [0.2, 0.25) is 0 Å². The van der Waals surface area contributed by atoms with Crippen LogP contribution in [0.2, 0.25) is 5.02 Å². The molecule has 2 rings (SSSR count). The first-order valence-corrected chi connectivity index (χ1v) is 5.97. The van der Waals surface area contributed by atoms with Gasteiger partial charge in [0.05, 0.1) is 5.02 Å². The number of benzene rings is 2. The summed E-state index contributed by atoms with van der Waals surface area (Å²) in [5.41, 5.74) is 1.10. The average Bonchev–Trinajstić information content (AvgIpc) is 2.39. The lowest BCUT2D eigenvalue weighted by Crippen LogP contribution is -2.29. The smallest absolute Gasteiger partial charge is 0.487 e. The molecule has 3 nitrogen and oxygen atoms in total. The molecule has 0 saturated carbocycles. The van der Waals surface area contributed by atoms with E-state index in [0.29, 0.717) is 11.2 Å². The SMILES string of the molecule is OB(O)c1ccc(OCc2ccc(F)cc2)c(Cl)c1. The Morgan fingerprint density at radius 3 is 2.37 bits per heavy atom. The van der Waals surface area contributed by atoms with Gasteiger partial charge in [0.15, 0.2) is 0 Å². The van der Waals surface area contributed by atoms with Crippen LogP contribution in [0.15, 0.2) is 42.5 Å². The molecular weight excluding hydrogens is 269 g/mol. The largest absolute Gasteiger partial charge is 0.488 e. The first-order chi connectivity index (χ1) is 9.06. The van der Waals surface area contributed by atoms with Crippen molar-refractivity contribution < 1.29 is 19.2 Å². The summed E-state index contributed by atoms with van der Waals surface area (Å²) >= 11 is 5.96. The molecule has 0 aliphatic rings. The summed E-state index contributed by atoms with van der Waals surface area (Å²) in [5, 5.41) is 18.3. The van der Waals surface area contributed by atoms with Crippen molar-refractivity contribution in [2.45, 2.75) is 6.61 Å². The van der Waals surface area contributed by atoms with Crippen LogP contribution in [0.4, 0.5) is 4.39 Å². The third-order valence-electron chi connectivity index (χ3n) is 2.56. The highest BCUT2D eigenvalue weighted by molar-refractivity contribution is 6.59. The summed E-state index contributed by atoms with van der Waals surface area (Å²) in [6, 6.07) is 10.4. The van der Waals surface area contributed by atoms with Gasteiger partial charge in [-0.05, 0) is 35.3 Å².